The van der Waals surface area contributed by atoms with E-state index in [2.05, 4.69) is 18.0 Å². The molecular formula is C13H17NO4. The Labute approximate surface area is 107 Å². The maximum Gasteiger partial charge on any atom is 0.344 e. The van der Waals surface area contributed by atoms with Crippen molar-refractivity contribution in [1.82, 2.24) is 0 Å². The molecule has 5 nitrogen and oxygen atoms in total. The van der Waals surface area contributed by atoms with Crippen LogP contribution in [0.4, 0.5) is 0 Å². The molecule has 0 fully saturated rings. The van der Waals surface area contributed by atoms with Gasteiger partial charge in [-0.05, 0) is 6.42 Å². The molecule has 5 heteroatoms. The number of nitrogens with zero attached hydrogens (tertiary/aromatic N) is 1. The van der Waals surface area contributed by atoms with Crippen LogP contribution in [0.15, 0.2) is 12.1 Å². The summed E-state index contributed by atoms with van der Waals surface area (Å²) in [5.41, 5.74) is 0.387. The lowest BCUT2D eigenvalue weighted by molar-refractivity contribution is 0.303. The molecule has 1 rings (SSSR count). The largest absolute Gasteiger partial charge is 0.498 e. The Balaban J connectivity index is 3.04. The van der Waals surface area contributed by atoms with Crippen LogP contribution in [-0.4, -0.2) is 20.8 Å². The van der Waals surface area contributed by atoms with Crippen LogP contribution in [0, 0.1) is 11.3 Å². The van der Waals surface area contributed by atoms with Gasteiger partial charge in [-0.15, -0.1) is 0 Å². The highest BCUT2D eigenvalue weighted by Crippen LogP contribution is 2.33. The van der Waals surface area contributed by atoms with Crippen molar-refractivity contribution < 1.29 is 14.2 Å². The van der Waals surface area contributed by atoms with Crippen molar-refractivity contribution in [3.05, 3.63) is 27.9 Å². The summed E-state index contributed by atoms with van der Waals surface area (Å²) in [5, 5.41) is 12.9. The highest BCUT2D eigenvalue weighted by Gasteiger charge is 2.16. The molecule has 0 aliphatic heterocycles. The van der Waals surface area contributed by atoms with Crippen molar-refractivity contribution in [2.45, 2.75) is 19.8 Å². The molecule has 0 N–H and O–H groups in total. The zero-order chi connectivity index (χ0) is 13.4. The molecule has 0 spiro atoms. The van der Waals surface area contributed by atoms with E-state index < -0.39 is 0 Å². The molecule has 0 aliphatic rings. The smallest absolute Gasteiger partial charge is 0.344 e. The Bertz CT molecular complexity index is 423. The van der Waals surface area contributed by atoms with E-state index in [4.69, 9.17) is 14.2 Å². The van der Waals surface area contributed by atoms with E-state index in [1.165, 1.54) is 14.2 Å². The first-order chi connectivity index (χ1) is 8.76. The number of rotatable bonds is 6. The predicted molar refractivity (Wildman–Crippen MR) is 69.7 cm³/mol. The second-order valence-electron chi connectivity index (χ2n) is 3.61. The van der Waals surface area contributed by atoms with Crippen molar-refractivity contribution in [3.63, 3.8) is 0 Å². The highest BCUT2D eigenvalue weighted by atomic mass is 16.5. The minimum Gasteiger partial charge on any atom is -0.498 e. The Morgan fingerprint density at radius 1 is 1.22 bits per heavy atom. The third-order valence-corrected chi connectivity index (χ3v) is 2.40. The van der Waals surface area contributed by atoms with Gasteiger partial charge in [-0.25, -0.2) is 0 Å². The maximum atomic E-state index is 10.3. The van der Waals surface area contributed by atoms with Gasteiger partial charge in [0.1, 0.15) is 17.2 Å². The molecule has 18 heavy (non-hydrogen) atoms. The fraction of sp³-hybridized carbons (Fsp3) is 0.462. The van der Waals surface area contributed by atoms with Crippen LogP contribution in [-0.2, 0) is 0 Å². The van der Waals surface area contributed by atoms with Gasteiger partial charge in [0.25, 0.3) is 0 Å². The number of hydrogen-bond donors (Lipinski definition) is 0. The van der Waals surface area contributed by atoms with Crippen LogP contribution >= 0.6 is 0 Å². The van der Waals surface area contributed by atoms with E-state index in [1.807, 2.05) is 0 Å². The summed E-state index contributed by atoms with van der Waals surface area (Å²) >= 11 is 0. The first kappa shape index (κ1) is 14.0. The van der Waals surface area contributed by atoms with Gasteiger partial charge in [0, 0.05) is 17.1 Å². The summed E-state index contributed by atoms with van der Waals surface area (Å²) < 4.78 is 15.9. The van der Waals surface area contributed by atoms with Gasteiger partial charge in [0.2, 0.25) is 0 Å². The van der Waals surface area contributed by atoms with Gasteiger partial charge in [-0.1, -0.05) is 13.3 Å². The molecule has 0 bridgehead atoms. The van der Waals surface area contributed by atoms with Crippen LogP contribution in [0.3, 0.4) is 0 Å². The number of unbranched alkanes of at least 4 members (excludes halogenated alkanes) is 1. The molecule has 0 atom stereocenters. The number of benzene rings is 1. The Morgan fingerprint density at radius 3 is 2.28 bits per heavy atom. The van der Waals surface area contributed by atoms with Crippen LogP contribution in [0.1, 0.15) is 25.3 Å². The lowest BCUT2D eigenvalue weighted by Gasteiger charge is -2.11. The van der Waals surface area contributed by atoms with Crippen molar-refractivity contribution in [2.75, 3.05) is 20.8 Å². The Hall–Kier alpha value is -2.09. The maximum absolute atomic E-state index is 10.3. The van der Waals surface area contributed by atoms with E-state index >= 15 is 0 Å². The van der Waals surface area contributed by atoms with E-state index in [1.54, 1.807) is 12.1 Å². The van der Waals surface area contributed by atoms with Crippen LogP contribution in [0.25, 0.3) is 5.01 Å². The molecule has 0 aliphatic carbocycles. The molecular weight excluding hydrogens is 234 g/mol. The molecule has 0 amide bonds. The SMILES string of the molecule is CCCCOc1cc(OC)c(C#[N+][O-])c(OC)c1. The first-order valence-electron chi connectivity index (χ1n) is 5.74. The standard InChI is InChI=1S/C13H17NO4/c1-4-5-6-18-10-7-12(16-2)11(9-14-15)13(8-10)17-3/h7-8H,4-6H2,1-3H3. The van der Waals surface area contributed by atoms with Crippen LogP contribution in [0.5, 0.6) is 17.2 Å². The first-order valence-corrected chi connectivity index (χ1v) is 5.74. The van der Waals surface area contributed by atoms with E-state index in [0.29, 0.717) is 29.4 Å². The van der Waals surface area contributed by atoms with Gasteiger partial charge in [-0.3, -0.25) is 0 Å². The molecule has 0 unspecified atom stereocenters. The van der Waals surface area contributed by atoms with Gasteiger partial charge in [0.05, 0.1) is 20.8 Å². The zero-order valence-electron chi connectivity index (χ0n) is 10.9. The van der Waals surface area contributed by atoms with Crippen LogP contribution < -0.4 is 14.2 Å². The molecule has 0 radical (unpaired) electrons. The van der Waals surface area contributed by atoms with E-state index in [0.717, 1.165) is 12.8 Å². The van der Waals surface area contributed by atoms with Crippen molar-refractivity contribution >= 4 is 0 Å². The number of ether oxygens (including phenoxy) is 3. The van der Waals surface area contributed by atoms with Crippen molar-refractivity contribution in [3.8, 4) is 23.3 Å². The van der Waals surface area contributed by atoms with Crippen LogP contribution in [0.2, 0.25) is 0 Å². The summed E-state index contributed by atoms with van der Waals surface area (Å²) in [4.78, 5) is 0. The second-order valence-corrected chi connectivity index (χ2v) is 3.61. The quantitative estimate of drug-likeness (QED) is 0.576. The van der Waals surface area contributed by atoms with Gasteiger partial charge in [-0.2, -0.15) is 0 Å². The third kappa shape index (κ3) is 3.45. The van der Waals surface area contributed by atoms with Crippen molar-refractivity contribution in [2.24, 2.45) is 0 Å². The van der Waals surface area contributed by atoms with Gasteiger partial charge in [0.15, 0.2) is 5.56 Å². The monoisotopic (exact) mass is 251 g/mol. The third-order valence-electron chi connectivity index (χ3n) is 2.40. The lowest BCUT2D eigenvalue weighted by atomic mass is 10.2. The molecule has 0 saturated heterocycles. The summed E-state index contributed by atoms with van der Waals surface area (Å²) in [6.45, 7) is 2.72. The average Bonchev–Trinajstić information content (AvgIpc) is 2.40. The highest BCUT2D eigenvalue weighted by molar-refractivity contribution is 5.58. The minimum atomic E-state index is 0.387. The normalized spacial score (nSPS) is 9.28. The number of hydrogen-bond acceptors (Lipinski definition) is 4. The molecule has 98 valence electrons. The zero-order valence-corrected chi connectivity index (χ0v) is 10.9. The summed E-state index contributed by atoms with van der Waals surface area (Å²) in [6, 6.07) is 5.68. The fourth-order valence-electron chi connectivity index (χ4n) is 1.46. The molecule has 0 heterocycles. The molecule has 0 aromatic heterocycles. The summed E-state index contributed by atoms with van der Waals surface area (Å²) in [6.07, 6.45) is 2.03. The second kappa shape index (κ2) is 7.28. The topological polar surface area (TPSA) is 55.1 Å². The molecule has 0 saturated carbocycles. The Morgan fingerprint density at radius 2 is 1.83 bits per heavy atom. The van der Waals surface area contributed by atoms with Gasteiger partial charge >= 0.3 is 6.07 Å². The number of methoxy groups -OCH3 is 2. The molecule has 1 aromatic carbocycles. The average molecular weight is 251 g/mol. The lowest BCUT2D eigenvalue weighted by Crippen LogP contribution is -1.99. The minimum absolute atomic E-state index is 0.387. The predicted octanol–water partition coefficient (Wildman–Crippen LogP) is 3.06. The summed E-state index contributed by atoms with van der Waals surface area (Å²) in [7, 11) is 3.00. The van der Waals surface area contributed by atoms with Crippen molar-refractivity contribution in [1.29, 1.82) is 0 Å². The summed E-state index contributed by atoms with van der Waals surface area (Å²) in [5.74, 6) is 1.52. The Kier molecular flexibility index (Phi) is 5.65. The molecule has 1 aromatic rings. The van der Waals surface area contributed by atoms with E-state index in [-0.39, 0.29) is 0 Å². The fourth-order valence-corrected chi connectivity index (χ4v) is 1.46. The van der Waals surface area contributed by atoms with Gasteiger partial charge < -0.3 is 19.4 Å². The van der Waals surface area contributed by atoms with E-state index in [9.17, 15) is 5.21 Å².